The molecule has 0 saturated carbocycles. The smallest absolute Gasteiger partial charge is 0.227 e. The van der Waals surface area contributed by atoms with Crippen molar-refractivity contribution < 1.29 is 4.79 Å². The van der Waals surface area contributed by atoms with Gasteiger partial charge in [0.2, 0.25) is 5.91 Å². The Morgan fingerprint density at radius 3 is 2.53 bits per heavy atom. The number of carbonyl (C=O) groups excluding carboxylic acids is 1. The maximum Gasteiger partial charge on any atom is 0.227 e. The standard InChI is InChI=1S/C26H35N7O/c1-4-12-30-14-16-31(17-15-30)26(34)21-9-8-13-32(18-21)25-24-23(19(2)27-28-25)20(3)33(29-24)22-10-6-5-7-11-22/h5-7,10-11,21H,4,8-9,12-18H2,1-3H3/t21-/m0/s1. The molecular formula is C26H35N7O. The van der Waals surface area contributed by atoms with E-state index in [4.69, 9.17) is 5.10 Å². The van der Waals surface area contributed by atoms with E-state index in [1.54, 1.807) is 0 Å². The average molecular weight is 462 g/mol. The number of hydrogen-bond acceptors (Lipinski definition) is 6. The lowest BCUT2D eigenvalue weighted by atomic mass is 9.96. The van der Waals surface area contributed by atoms with Gasteiger partial charge in [0.15, 0.2) is 5.82 Å². The fourth-order valence-electron chi connectivity index (χ4n) is 5.48. The molecule has 2 aromatic heterocycles. The van der Waals surface area contributed by atoms with Crippen LogP contribution in [0.2, 0.25) is 0 Å². The Morgan fingerprint density at radius 1 is 1.03 bits per heavy atom. The molecule has 2 aliphatic heterocycles. The fourth-order valence-corrected chi connectivity index (χ4v) is 5.48. The highest BCUT2D eigenvalue weighted by atomic mass is 16.2. The minimum Gasteiger partial charge on any atom is -0.352 e. The van der Waals surface area contributed by atoms with Gasteiger partial charge in [-0.1, -0.05) is 25.1 Å². The van der Waals surface area contributed by atoms with Gasteiger partial charge in [-0.3, -0.25) is 9.69 Å². The summed E-state index contributed by atoms with van der Waals surface area (Å²) in [5, 5.41) is 15.1. The Kier molecular flexibility index (Phi) is 6.50. The summed E-state index contributed by atoms with van der Waals surface area (Å²) in [5.41, 5.74) is 3.84. The van der Waals surface area contributed by atoms with Crippen molar-refractivity contribution in [2.45, 2.75) is 40.0 Å². The maximum atomic E-state index is 13.4. The van der Waals surface area contributed by atoms with Gasteiger partial charge in [0, 0.05) is 39.3 Å². The molecule has 1 amide bonds. The molecule has 0 spiro atoms. The molecule has 5 rings (SSSR count). The zero-order valence-electron chi connectivity index (χ0n) is 20.6. The molecule has 2 aliphatic rings. The summed E-state index contributed by atoms with van der Waals surface area (Å²) in [6, 6.07) is 10.2. The third-order valence-corrected chi connectivity index (χ3v) is 7.28. The molecule has 4 heterocycles. The molecule has 0 radical (unpaired) electrons. The minimum atomic E-state index is 0.00179. The van der Waals surface area contributed by atoms with E-state index < -0.39 is 0 Å². The molecule has 0 bridgehead atoms. The van der Waals surface area contributed by atoms with Gasteiger partial charge in [-0.25, -0.2) is 4.68 Å². The average Bonchev–Trinajstić information content (AvgIpc) is 3.23. The Hall–Kier alpha value is -3.00. The second-order valence-electron chi connectivity index (χ2n) is 9.62. The lowest BCUT2D eigenvalue weighted by molar-refractivity contribution is -0.137. The Balaban J connectivity index is 1.39. The highest BCUT2D eigenvalue weighted by molar-refractivity contribution is 5.92. The largest absolute Gasteiger partial charge is 0.352 e. The quantitative estimate of drug-likeness (QED) is 0.581. The van der Waals surface area contributed by atoms with E-state index in [9.17, 15) is 4.79 Å². The molecule has 2 saturated heterocycles. The monoisotopic (exact) mass is 461 g/mol. The summed E-state index contributed by atoms with van der Waals surface area (Å²) in [6.07, 6.45) is 3.07. The van der Waals surface area contributed by atoms with E-state index in [0.29, 0.717) is 12.5 Å². The summed E-state index contributed by atoms with van der Waals surface area (Å²) in [4.78, 5) is 20.1. The van der Waals surface area contributed by atoms with Crippen molar-refractivity contribution in [3.05, 3.63) is 41.7 Å². The van der Waals surface area contributed by atoms with E-state index in [0.717, 1.165) is 92.3 Å². The first-order valence-corrected chi connectivity index (χ1v) is 12.6. The predicted octanol–water partition coefficient (Wildman–Crippen LogP) is 3.20. The number of piperidine rings is 1. The SMILES string of the molecule is CCCN1CCN(C(=O)[C@H]2CCCN(c3nnc(C)c4c(C)n(-c5ccccc5)nc34)C2)CC1. The van der Waals surface area contributed by atoms with Crippen molar-refractivity contribution >= 4 is 22.6 Å². The second-order valence-corrected chi connectivity index (χ2v) is 9.62. The van der Waals surface area contributed by atoms with Gasteiger partial charge in [-0.15, -0.1) is 5.10 Å². The molecule has 180 valence electrons. The molecule has 1 atom stereocenters. The highest BCUT2D eigenvalue weighted by Gasteiger charge is 2.33. The van der Waals surface area contributed by atoms with E-state index in [2.05, 4.69) is 50.9 Å². The number of nitrogens with zero attached hydrogens (tertiary/aromatic N) is 7. The first-order chi connectivity index (χ1) is 16.6. The van der Waals surface area contributed by atoms with Gasteiger partial charge in [0.25, 0.3) is 0 Å². The normalized spacial score (nSPS) is 19.7. The Bertz CT molecular complexity index is 1150. The van der Waals surface area contributed by atoms with Gasteiger partial charge >= 0.3 is 0 Å². The number of benzene rings is 1. The summed E-state index contributed by atoms with van der Waals surface area (Å²) >= 11 is 0. The fraction of sp³-hybridized carbons (Fsp3) is 0.538. The van der Waals surface area contributed by atoms with Crippen LogP contribution in [-0.2, 0) is 4.79 Å². The van der Waals surface area contributed by atoms with Crippen molar-refractivity contribution in [1.82, 2.24) is 29.8 Å². The van der Waals surface area contributed by atoms with Gasteiger partial charge in [0.05, 0.1) is 28.4 Å². The van der Waals surface area contributed by atoms with Crippen LogP contribution in [0.25, 0.3) is 16.6 Å². The third-order valence-electron chi connectivity index (χ3n) is 7.28. The highest BCUT2D eigenvalue weighted by Crippen LogP contribution is 2.32. The van der Waals surface area contributed by atoms with Crippen molar-refractivity contribution in [2.75, 3.05) is 50.7 Å². The first kappa shape index (κ1) is 22.8. The molecule has 2 fully saturated rings. The van der Waals surface area contributed by atoms with Crippen LogP contribution in [0.3, 0.4) is 0 Å². The van der Waals surface area contributed by atoms with Gasteiger partial charge in [0.1, 0.15) is 5.52 Å². The van der Waals surface area contributed by atoms with Gasteiger partial charge in [-0.2, -0.15) is 10.2 Å². The second kappa shape index (κ2) is 9.70. The van der Waals surface area contributed by atoms with Crippen LogP contribution >= 0.6 is 0 Å². The topological polar surface area (TPSA) is 70.4 Å². The summed E-state index contributed by atoms with van der Waals surface area (Å²) in [6.45, 7) is 12.6. The molecule has 0 aliphatic carbocycles. The molecule has 8 nitrogen and oxygen atoms in total. The summed E-state index contributed by atoms with van der Waals surface area (Å²) in [5.74, 6) is 1.09. The lowest BCUT2D eigenvalue weighted by Crippen LogP contribution is -2.52. The van der Waals surface area contributed by atoms with E-state index >= 15 is 0 Å². The number of aryl methyl sites for hydroxylation is 2. The number of hydrogen-bond donors (Lipinski definition) is 0. The molecule has 0 N–H and O–H groups in total. The molecule has 3 aromatic rings. The number of rotatable bonds is 5. The summed E-state index contributed by atoms with van der Waals surface area (Å²) in [7, 11) is 0. The molecular weight excluding hydrogens is 426 g/mol. The number of anilines is 1. The number of carbonyl (C=O) groups is 1. The zero-order valence-corrected chi connectivity index (χ0v) is 20.6. The number of para-hydroxylation sites is 1. The third kappa shape index (κ3) is 4.27. The van der Waals surface area contributed by atoms with Crippen molar-refractivity contribution in [3.63, 3.8) is 0 Å². The molecule has 34 heavy (non-hydrogen) atoms. The molecule has 8 heteroatoms. The number of piperazine rings is 1. The lowest BCUT2D eigenvalue weighted by Gasteiger charge is -2.39. The van der Waals surface area contributed by atoms with Crippen LogP contribution in [0.5, 0.6) is 0 Å². The number of aromatic nitrogens is 4. The van der Waals surface area contributed by atoms with E-state index in [-0.39, 0.29) is 5.92 Å². The van der Waals surface area contributed by atoms with Crippen LogP contribution in [-0.4, -0.2) is 81.5 Å². The first-order valence-electron chi connectivity index (χ1n) is 12.6. The molecule has 1 aromatic carbocycles. The van der Waals surface area contributed by atoms with Crippen molar-refractivity contribution in [2.24, 2.45) is 5.92 Å². The van der Waals surface area contributed by atoms with Gasteiger partial charge < -0.3 is 9.80 Å². The Morgan fingerprint density at radius 2 is 1.79 bits per heavy atom. The number of fused-ring (bicyclic) bond motifs is 1. The number of amides is 1. The van der Waals surface area contributed by atoms with Gasteiger partial charge in [-0.05, 0) is 51.8 Å². The van der Waals surface area contributed by atoms with E-state index in [1.165, 1.54) is 0 Å². The van der Waals surface area contributed by atoms with Crippen molar-refractivity contribution in [1.29, 1.82) is 0 Å². The summed E-state index contributed by atoms with van der Waals surface area (Å²) < 4.78 is 1.98. The minimum absolute atomic E-state index is 0.00179. The predicted molar refractivity (Wildman–Crippen MR) is 134 cm³/mol. The maximum absolute atomic E-state index is 13.4. The van der Waals surface area contributed by atoms with Crippen LogP contribution in [0.1, 0.15) is 37.6 Å². The van der Waals surface area contributed by atoms with E-state index in [1.807, 2.05) is 29.8 Å². The zero-order chi connectivity index (χ0) is 23.7. The molecule has 0 unspecified atom stereocenters. The van der Waals surface area contributed by atoms with Crippen LogP contribution in [0.4, 0.5) is 5.82 Å². The van der Waals surface area contributed by atoms with Crippen LogP contribution < -0.4 is 4.90 Å². The van der Waals surface area contributed by atoms with Crippen molar-refractivity contribution in [3.8, 4) is 5.69 Å². The van der Waals surface area contributed by atoms with Crippen LogP contribution in [0.15, 0.2) is 30.3 Å². The van der Waals surface area contributed by atoms with Crippen LogP contribution in [0, 0.1) is 19.8 Å². The Labute approximate surface area is 201 Å².